The highest BCUT2D eigenvalue weighted by molar-refractivity contribution is 7.12. The SMILES string of the molecule is CCOc1ccc(C)cc1C(NC)c1ccc(CC)s1. The van der Waals surface area contributed by atoms with Gasteiger partial charge in [-0.3, -0.25) is 0 Å². The molecule has 1 aromatic carbocycles. The number of thiophene rings is 1. The average molecular weight is 289 g/mol. The molecular weight excluding hydrogens is 266 g/mol. The quantitative estimate of drug-likeness (QED) is 0.855. The van der Waals surface area contributed by atoms with Crippen molar-refractivity contribution in [1.29, 1.82) is 0 Å². The number of hydrogen-bond donors (Lipinski definition) is 1. The summed E-state index contributed by atoms with van der Waals surface area (Å²) in [7, 11) is 2.01. The first-order valence-electron chi connectivity index (χ1n) is 7.18. The van der Waals surface area contributed by atoms with Gasteiger partial charge in [0.05, 0.1) is 12.6 Å². The lowest BCUT2D eigenvalue weighted by atomic mass is 10.0. The zero-order chi connectivity index (χ0) is 14.5. The third kappa shape index (κ3) is 3.22. The smallest absolute Gasteiger partial charge is 0.124 e. The normalized spacial score (nSPS) is 12.4. The minimum atomic E-state index is 0.196. The van der Waals surface area contributed by atoms with E-state index in [1.807, 2.05) is 25.3 Å². The summed E-state index contributed by atoms with van der Waals surface area (Å²) in [6, 6.07) is 11.0. The fourth-order valence-corrected chi connectivity index (χ4v) is 3.45. The van der Waals surface area contributed by atoms with E-state index in [0.29, 0.717) is 6.61 Å². The van der Waals surface area contributed by atoms with Gasteiger partial charge in [-0.1, -0.05) is 24.6 Å². The number of benzene rings is 1. The Hall–Kier alpha value is -1.32. The third-order valence-electron chi connectivity index (χ3n) is 3.38. The molecule has 2 aromatic rings. The monoisotopic (exact) mass is 289 g/mol. The molecule has 0 aliphatic rings. The molecule has 1 atom stereocenters. The van der Waals surface area contributed by atoms with Crippen LogP contribution in [-0.2, 0) is 6.42 Å². The summed E-state index contributed by atoms with van der Waals surface area (Å²) in [5.41, 5.74) is 2.48. The van der Waals surface area contributed by atoms with Crippen molar-refractivity contribution in [2.75, 3.05) is 13.7 Å². The van der Waals surface area contributed by atoms with Gasteiger partial charge < -0.3 is 10.1 Å². The second kappa shape index (κ2) is 6.91. The van der Waals surface area contributed by atoms with E-state index in [-0.39, 0.29) is 6.04 Å². The van der Waals surface area contributed by atoms with E-state index in [9.17, 15) is 0 Å². The van der Waals surface area contributed by atoms with Gasteiger partial charge in [0.15, 0.2) is 0 Å². The van der Waals surface area contributed by atoms with Crippen LogP contribution < -0.4 is 10.1 Å². The molecular formula is C17H23NOS. The molecule has 3 heteroatoms. The molecule has 20 heavy (non-hydrogen) atoms. The minimum Gasteiger partial charge on any atom is -0.494 e. The average Bonchev–Trinajstić information content (AvgIpc) is 2.91. The van der Waals surface area contributed by atoms with Crippen molar-refractivity contribution < 1.29 is 4.74 Å². The lowest BCUT2D eigenvalue weighted by Crippen LogP contribution is -2.17. The van der Waals surface area contributed by atoms with Gasteiger partial charge in [0.2, 0.25) is 0 Å². The van der Waals surface area contributed by atoms with E-state index in [0.717, 1.165) is 12.2 Å². The molecule has 0 aliphatic heterocycles. The maximum absolute atomic E-state index is 5.79. The molecule has 2 rings (SSSR count). The predicted molar refractivity (Wildman–Crippen MR) is 86.9 cm³/mol. The van der Waals surface area contributed by atoms with Crippen LogP contribution in [0, 0.1) is 6.92 Å². The molecule has 0 amide bonds. The number of rotatable bonds is 6. The summed E-state index contributed by atoms with van der Waals surface area (Å²) in [6.45, 7) is 7.04. The van der Waals surface area contributed by atoms with Crippen molar-refractivity contribution in [2.45, 2.75) is 33.2 Å². The second-order valence-electron chi connectivity index (χ2n) is 4.85. The molecule has 108 valence electrons. The molecule has 0 spiro atoms. The standard InChI is InChI=1S/C17H23NOS/c1-5-13-8-10-16(20-13)17(18-4)14-11-12(3)7-9-15(14)19-6-2/h7-11,17-18H,5-6H2,1-4H3. The zero-order valence-corrected chi connectivity index (χ0v) is 13.5. The van der Waals surface area contributed by atoms with Crippen LogP contribution in [0.5, 0.6) is 5.75 Å². The summed E-state index contributed by atoms with van der Waals surface area (Å²) >= 11 is 1.87. The Bertz CT molecular complexity index is 562. The van der Waals surface area contributed by atoms with Gasteiger partial charge in [-0.2, -0.15) is 0 Å². The fraction of sp³-hybridized carbons (Fsp3) is 0.412. The molecule has 0 fully saturated rings. The third-order valence-corrected chi connectivity index (χ3v) is 4.67. The summed E-state index contributed by atoms with van der Waals surface area (Å²) in [6.07, 6.45) is 1.09. The topological polar surface area (TPSA) is 21.3 Å². The van der Waals surface area contributed by atoms with Crippen LogP contribution in [0.4, 0.5) is 0 Å². The van der Waals surface area contributed by atoms with Gasteiger partial charge in [-0.25, -0.2) is 0 Å². The van der Waals surface area contributed by atoms with E-state index < -0.39 is 0 Å². The lowest BCUT2D eigenvalue weighted by molar-refractivity contribution is 0.334. The summed E-state index contributed by atoms with van der Waals surface area (Å²) in [5.74, 6) is 0.976. The number of hydrogen-bond acceptors (Lipinski definition) is 3. The second-order valence-corrected chi connectivity index (χ2v) is 6.05. The molecule has 1 N–H and O–H groups in total. The van der Waals surface area contributed by atoms with Crippen molar-refractivity contribution in [3.8, 4) is 5.75 Å². The van der Waals surface area contributed by atoms with Gasteiger partial charge in [0, 0.05) is 15.3 Å². The molecule has 0 bridgehead atoms. The van der Waals surface area contributed by atoms with Crippen LogP contribution in [0.2, 0.25) is 0 Å². The van der Waals surface area contributed by atoms with Crippen molar-refractivity contribution in [1.82, 2.24) is 5.32 Å². The van der Waals surface area contributed by atoms with Crippen molar-refractivity contribution in [3.05, 3.63) is 51.2 Å². The van der Waals surface area contributed by atoms with Crippen molar-refractivity contribution >= 4 is 11.3 Å². The Labute approximate surface area is 125 Å². The van der Waals surface area contributed by atoms with Crippen LogP contribution in [0.25, 0.3) is 0 Å². The molecule has 0 saturated carbocycles. The van der Waals surface area contributed by atoms with Gasteiger partial charge in [-0.15, -0.1) is 11.3 Å². The number of ether oxygens (including phenoxy) is 1. The maximum Gasteiger partial charge on any atom is 0.124 e. The Kier molecular flexibility index (Phi) is 5.21. The molecule has 2 nitrogen and oxygen atoms in total. The molecule has 1 heterocycles. The van der Waals surface area contributed by atoms with E-state index in [4.69, 9.17) is 4.74 Å². The van der Waals surface area contributed by atoms with Crippen LogP contribution >= 0.6 is 11.3 Å². The molecule has 0 saturated heterocycles. The van der Waals surface area contributed by atoms with E-state index in [1.165, 1.54) is 20.9 Å². The summed E-state index contributed by atoms with van der Waals surface area (Å²) < 4.78 is 5.79. The van der Waals surface area contributed by atoms with Crippen LogP contribution in [-0.4, -0.2) is 13.7 Å². The van der Waals surface area contributed by atoms with Gasteiger partial charge in [-0.05, 0) is 45.5 Å². The van der Waals surface area contributed by atoms with Gasteiger partial charge in [0.25, 0.3) is 0 Å². The minimum absolute atomic E-state index is 0.196. The molecule has 1 unspecified atom stereocenters. The van der Waals surface area contributed by atoms with Crippen molar-refractivity contribution in [2.24, 2.45) is 0 Å². The number of aryl methyl sites for hydroxylation is 2. The maximum atomic E-state index is 5.79. The van der Waals surface area contributed by atoms with E-state index in [1.54, 1.807) is 0 Å². The molecule has 0 radical (unpaired) electrons. The highest BCUT2D eigenvalue weighted by atomic mass is 32.1. The Morgan fingerprint density at radius 3 is 2.60 bits per heavy atom. The first-order chi connectivity index (χ1) is 9.69. The van der Waals surface area contributed by atoms with Crippen molar-refractivity contribution in [3.63, 3.8) is 0 Å². The first kappa shape index (κ1) is 15.1. The lowest BCUT2D eigenvalue weighted by Gasteiger charge is -2.19. The fourth-order valence-electron chi connectivity index (χ4n) is 2.37. The summed E-state index contributed by atoms with van der Waals surface area (Å²) in [4.78, 5) is 2.77. The van der Waals surface area contributed by atoms with Crippen LogP contribution in [0.3, 0.4) is 0 Å². The molecule has 0 aliphatic carbocycles. The van der Waals surface area contributed by atoms with Gasteiger partial charge >= 0.3 is 0 Å². The van der Waals surface area contributed by atoms with Gasteiger partial charge in [0.1, 0.15) is 5.75 Å². The van der Waals surface area contributed by atoms with Crippen LogP contribution in [0.15, 0.2) is 30.3 Å². The molecule has 1 aromatic heterocycles. The van der Waals surface area contributed by atoms with Crippen LogP contribution in [0.1, 0.15) is 40.8 Å². The number of nitrogens with one attached hydrogen (secondary N) is 1. The first-order valence-corrected chi connectivity index (χ1v) is 8.00. The highest BCUT2D eigenvalue weighted by Crippen LogP contribution is 2.34. The highest BCUT2D eigenvalue weighted by Gasteiger charge is 2.18. The van der Waals surface area contributed by atoms with E-state index in [2.05, 4.69) is 49.5 Å². The Morgan fingerprint density at radius 2 is 2.00 bits per heavy atom. The Morgan fingerprint density at radius 1 is 1.20 bits per heavy atom. The predicted octanol–water partition coefficient (Wildman–Crippen LogP) is 4.33. The Balaban J connectivity index is 2.42. The van der Waals surface area contributed by atoms with E-state index >= 15 is 0 Å². The zero-order valence-electron chi connectivity index (χ0n) is 12.7. The summed E-state index contributed by atoms with van der Waals surface area (Å²) in [5, 5.41) is 3.43. The largest absolute Gasteiger partial charge is 0.494 e.